The molecule has 1 unspecified atom stereocenters. The second kappa shape index (κ2) is 8.89. The highest BCUT2D eigenvalue weighted by Gasteiger charge is 2.52. The summed E-state index contributed by atoms with van der Waals surface area (Å²) in [6.45, 7) is 0.367. The van der Waals surface area contributed by atoms with Crippen LogP contribution >= 0.6 is 0 Å². The van der Waals surface area contributed by atoms with E-state index in [9.17, 15) is 14.4 Å². The lowest BCUT2D eigenvalue weighted by Crippen LogP contribution is -3.12. The number of hydrogen-bond acceptors (Lipinski definition) is 3. The molecule has 1 aliphatic carbocycles. The number of carbonyl (C=O) groups is 3. The zero-order chi connectivity index (χ0) is 21.8. The van der Waals surface area contributed by atoms with Gasteiger partial charge in [-0.05, 0) is 24.0 Å². The van der Waals surface area contributed by atoms with E-state index >= 15 is 0 Å². The molecule has 1 saturated heterocycles. The molecule has 0 radical (unpaired) electrons. The van der Waals surface area contributed by atoms with Gasteiger partial charge >= 0.3 is 6.03 Å². The number of carbonyl (C=O) groups excluding carboxylic acids is 3. The van der Waals surface area contributed by atoms with Crippen molar-refractivity contribution in [3.05, 3.63) is 71.8 Å². The number of likely N-dealkylation sites (N-methyl/N-ethyl adjacent to an activating group) is 1. The zero-order valence-corrected chi connectivity index (χ0v) is 17.8. The Bertz CT molecular complexity index is 902. The molecule has 2 fully saturated rings. The van der Waals surface area contributed by atoms with Crippen LogP contribution in [0.15, 0.2) is 60.7 Å². The molecule has 3 N–H and O–H groups in total. The van der Waals surface area contributed by atoms with Gasteiger partial charge in [-0.3, -0.25) is 9.59 Å². The van der Waals surface area contributed by atoms with Gasteiger partial charge in [0.15, 0.2) is 13.2 Å². The summed E-state index contributed by atoms with van der Waals surface area (Å²) in [5.74, 6) is -0.293. The number of rotatable bonds is 9. The van der Waals surface area contributed by atoms with E-state index in [2.05, 4.69) is 10.6 Å². The predicted molar refractivity (Wildman–Crippen MR) is 116 cm³/mol. The second-order valence-electron chi connectivity index (χ2n) is 8.70. The third-order valence-corrected chi connectivity index (χ3v) is 5.78. The minimum atomic E-state index is -1.05. The fourth-order valence-electron chi connectivity index (χ4n) is 4.12. The number of hydrogen-bond donors (Lipinski definition) is 3. The molecule has 4 amide bonds. The Labute approximate surface area is 182 Å². The monoisotopic (exact) mass is 421 g/mol. The van der Waals surface area contributed by atoms with Crippen LogP contribution in [0.3, 0.4) is 0 Å². The maximum Gasteiger partial charge on any atom is 0.329 e. The van der Waals surface area contributed by atoms with E-state index in [4.69, 9.17) is 0 Å². The summed E-state index contributed by atoms with van der Waals surface area (Å²) in [6.07, 6.45) is 2.87. The molecule has 2 aromatic carbocycles. The minimum Gasteiger partial charge on any atom is -0.348 e. The molecular weight excluding hydrogens is 392 g/mol. The van der Waals surface area contributed by atoms with E-state index in [1.165, 1.54) is 4.90 Å². The first kappa shape index (κ1) is 21.1. The van der Waals surface area contributed by atoms with Gasteiger partial charge < -0.3 is 15.5 Å². The third-order valence-electron chi connectivity index (χ3n) is 5.78. The Kier molecular flexibility index (Phi) is 6.04. The van der Waals surface area contributed by atoms with Crippen LogP contribution in [0.25, 0.3) is 0 Å². The Morgan fingerprint density at radius 1 is 1.03 bits per heavy atom. The highest BCUT2D eigenvalue weighted by molar-refractivity contribution is 6.07. The fourth-order valence-corrected chi connectivity index (χ4v) is 4.12. The van der Waals surface area contributed by atoms with Crippen LogP contribution in [0.4, 0.5) is 4.79 Å². The minimum absolute atomic E-state index is 0.0492. The van der Waals surface area contributed by atoms with Crippen LogP contribution in [0.2, 0.25) is 0 Å². The average molecular weight is 422 g/mol. The van der Waals surface area contributed by atoms with E-state index < -0.39 is 11.6 Å². The molecule has 1 atom stereocenters. The Balaban J connectivity index is 1.51. The molecule has 0 spiro atoms. The van der Waals surface area contributed by atoms with E-state index in [1.807, 2.05) is 67.7 Å². The molecular formula is C24H29N4O3+. The van der Waals surface area contributed by atoms with Crippen LogP contribution in [-0.2, 0) is 22.4 Å². The summed E-state index contributed by atoms with van der Waals surface area (Å²) in [4.78, 5) is 40.6. The Morgan fingerprint density at radius 2 is 1.58 bits per heavy atom. The SMILES string of the molecule is C[NH+](CC(=O)NC1CC1)CN1C(=O)NC(Cc2ccccc2)(Cc2ccccc2)C1=O. The lowest BCUT2D eigenvalue weighted by Gasteiger charge is -2.27. The van der Waals surface area contributed by atoms with Crippen LogP contribution in [0.1, 0.15) is 24.0 Å². The van der Waals surface area contributed by atoms with Crippen molar-refractivity contribution in [1.82, 2.24) is 15.5 Å². The molecule has 1 aliphatic heterocycles. The number of quaternary nitrogens is 1. The van der Waals surface area contributed by atoms with Crippen molar-refractivity contribution in [2.24, 2.45) is 0 Å². The van der Waals surface area contributed by atoms with Crippen molar-refractivity contribution in [2.45, 2.75) is 37.3 Å². The summed E-state index contributed by atoms with van der Waals surface area (Å²) in [7, 11) is 1.82. The first-order valence-corrected chi connectivity index (χ1v) is 10.8. The van der Waals surface area contributed by atoms with Gasteiger partial charge in [0.05, 0.1) is 7.05 Å². The maximum atomic E-state index is 13.6. The average Bonchev–Trinajstić information content (AvgIpc) is 3.53. The normalized spacial score (nSPS) is 18.5. The van der Waals surface area contributed by atoms with Crippen LogP contribution < -0.4 is 15.5 Å². The first-order chi connectivity index (χ1) is 14.9. The fraction of sp³-hybridized carbons (Fsp3) is 0.375. The van der Waals surface area contributed by atoms with Gasteiger partial charge in [0.2, 0.25) is 0 Å². The lowest BCUT2D eigenvalue weighted by molar-refractivity contribution is -0.879. The third kappa shape index (κ3) is 5.11. The van der Waals surface area contributed by atoms with E-state index in [0.717, 1.165) is 28.9 Å². The van der Waals surface area contributed by atoms with Crippen LogP contribution in [0.5, 0.6) is 0 Å². The van der Waals surface area contributed by atoms with Gasteiger partial charge in [0.25, 0.3) is 11.8 Å². The smallest absolute Gasteiger partial charge is 0.329 e. The number of nitrogens with zero attached hydrogens (tertiary/aromatic N) is 1. The highest BCUT2D eigenvalue weighted by atomic mass is 16.2. The molecule has 1 saturated carbocycles. The number of benzene rings is 2. The Morgan fingerprint density at radius 3 is 2.10 bits per heavy atom. The van der Waals surface area contributed by atoms with Crippen molar-refractivity contribution in [1.29, 1.82) is 0 Å². The second-order valence-corrected chi connectivity index (χ2v) is 8.70. The molecule has 2 aliphatic rings. The number of nitrogens with one attached hydrogen (secondary N) is 3. The molecule has 162 valence electrons. The van der Waals surface area contributed by atoms with Crippen molar-refractivity contribution in [2.75, 3.05) is 20.3 Å². The Hall–Kier alpha value is -3.19. The maximum absolute atomic E-state index is 13.6. The zero-order valence-electron chi connectivity index (χ0n) is 17.8. The molecule has 2 aromatic rings. The summed E-state index contributed by atoms with van der Waals surface area (Å²) in [5.41, 5.74) is 0.924. The van der Waals surface area contributed by atoms with Gasteiger partial charge in [-0.2, -0.15) is 0 Å². The topological polar surface area (TPSA) is 82.9 Å². The first-order valence-electron chi connectivity index (χ1n) is 10.8. The van der Waals surface area contributed by atoms with Gasteiger partial charge in [0, 0.05) is 18.9 Å². The molecule has 7 nitrogen and oxygen atoms in total. The van der Waals surface area contributed by atoms with Crippen LogP contribution in [-0.4, -0.2) is 54.6 Å². The van der Waals surface area contributed by atoms with Crippen molar-refractivity contribution >= 4 is 17.8 Å². The van der Waals surface area contributed by atoms with E-state index in [1.54, 1.807) is 0 Å². The molecule has 1 heterocycles. The summed E-state index contributed by atoms with van der Waals surface area (Å²) >= 11 is 0. The summed E-state index contributed by atoms with van der Waals surface area (Å²) in [6, 6.07) is 19.3. The number of imide groups is 1. The largest absolute Gasteiger partial charge is 0.348 e. The van der Waals surface area contributed by atoms with Gasteiger partial charge in [-0.25, -0.2) is 9.69 Å². The molecule has 4 rings (SSSR count). The van der Waals surface area contributed by atoms with Gasteiger partial charge in [-0.1, -0.05) is 60.7 Å². The molecule has 0 bridgehead atoms. The lowest BCUT2D eigenvalue weighted by atomic mass is 9.84. The van der Waals surface area contributed by atoms with E-state index in [0.29, 0.717) is 18.9 Å². The number of amides is 4. The van der Waals surface area contributed by atoms with Crippen molar-refractivity contribution < 1.29 is 19.3 Å². The van der Waals surface area contributed by atoms with E-state index in [-0.39, 0.29) is 25.0 Å². The van der Waals surface area contributed by atoms with Crippen molar-refractivity contribution in [3.8, 4) is 0 Å². The molecule has 31 heavy (non-hydrogen) atoms. The quantitative estimate of drug-likeness (QED) is 0.516. The highest BCUT2D eigenvalue weighted by Crippen LogP contribution is 2.26. The number of urea groups is 1. The van der Waals surface area contributed by atoms with Crippen LogP contribution in [0, 0.1) is 0 Å². The van der Waals surface area contributed by atoms with Crippen molar-refractivity contribution in [3.63, 3.8) is 0 Å². The van der Waals surface area contributed by atoms with Gasteiger partial charge in [0.1, 0.15) is 5.54 Å². The summed E-state index contributed by atoms with van der Waals surface area (Å²) < 4.78 is 0. The van der Waals surface area contributed by atoms with Gasteiger partial charge in [-0.15, -0.1) is 0 Å². The molecule has 7 heteroatoms. The summed E-state index contributed by atoms with van der Waals surface area (Å²) in [5, 5.41) is 5.94. The predicted octanol–water partition coefficient (Wildman–Crippen LogP) is 0.513. The molecule has 0 aromatic heterocycles. The standard InChI is InChI=1S/C24H28N4O3/c1-27(16-21(29)25-20-12-13-20)17-28-22(30)24(26-23(28)31,14-18-8-4-2-5-9-18)15-19-10-6-3-7-11-19/h2-11,20H,12-17H2,1H3,(H,25,29)(H,26,31)/p+1.